The molecular weight excluding hydrogens is 288 g/mol. The number of anilines is 1. The van der Waals surface area contributed by atoms with Crippen molar-refractivity contribution in [2.24, 2.45) is 5.41 Å². The van der Waals surface area contributed by atoms with Gasteiger partial charge in [0.05, 0.1) is 23.8 Å². The van der Waals surface area contributed by atoms with Crippen LogP contribution in [0.3, 0.4) is 0 Å². The number of carbonyl (C=O) groups excluding carboxylic acids is 1. The van der Waals surface area contributed by atoms with E-state index in [1.807, 2.05) is 6.07 Å². The first kappa shape index (κ1) is 15.4. The summed E-state index contributed by atoms with van der Waals surface area (Å²) in [6, 6.07) is 8.76. The van der Waals surface area contributed by atoms with Crippen molar-refractivity contribution in [1.82, 2.24) is 0 Å². The Morgan fingerprint density at radius 3 is 2.81 bits per heavy atom. The lowest BCUT2D eigenvalue weighted by Crippen LogP contribution is -2.17. The van der Waals surface area contributed by atoms with E-state index >= 15 is 0 Å². The molecule has 0 radical (unpaired) electrons. The average molecular weight is 304 g/mol. The Kier molecular flexibility index (Phi) is 4.86. The number of carboxylic acids is 1. The van der Waals surface area contributed by atoms with Crippen molar-refractivity contribution in [3.05, 3.63) is 29.8 Å². The Morgan fingerprint density at radius 2 is 2.19 bits per heavy atom. The fourth-order valence-corrected chi connectivity index (χ4v) is 3.28. The fraction of sp³-hybridized carbons (Fsp3) is 0.400. The largest absolute Gasteiger partial charge is 0.481 e. The van der Waals surface area contributed by atoms with E-state index in [1.54, 1.807) is 24.3 Å². The number of carbonyl (C=O) groups is 2. The van der Waals surface area contributed by atoms with Crippen molar-refractivity contribution < 1.29 is 14.7 Å². The van der Waals surface area contributed by atoms with Crippen LogP contribution in [0.4, 0.5) is 5.69 Å². The molecule has 0 aliphatic heterocycles. The van der Waals surface area contributed by atoms with Crippen molar-refractivity contribution in [3.63, 3.8) is 0 Å². The smallest absolute Gasteiger partial charge is 0.303 e. The Hall–Kier alpha value is -2.00. The maximum Gasteiger partial charge on any atom is 0.303 e. The van der Waals surface area contributed by atoms with Crippen molar-refractivity contribution in [2.45, 2.75) is 19.3 Å². The monoisotopic (exact) mass is 304 g/mol. The highest BCUT2D eigenvalue weighted by Crippen LogP contribution is 2.50. The van der Waals surface area contributed by atoms with E-state index in [2.05, 4.69) is 5.32 Å². The van der Waals surface area contributed by atoms with Crippen LogP contribution >= 0.6 is 11.8 Å². The lowest BCUT2D eigenvalue weighted by Gasteiger charge is -2.11. The number of thioether (sulfide) groups is 1. The Morgan fingerprint density at radius 1 is 1.43 bits per heavy atom. The molecule has 0 saturated heterocycles. The first-order valence-electron chi connectivity index (χ1n) is 6.63. The molecule has 1 aromatic carbocycles. The van der Waals surface area contributed by atoms with Crippen LogP contribution in [0.1, 0.15) is 24.8 Å². The van der Waals surface area contributed by atoms with Gasteiger partial charge in [0.1, 0.15) is 0 Å². The summed E-state index contributed by atoms with van der Waals surface area (Å²) >= 11 is 1.46. The molecule has 1 amide bonds. The van der Waals surface area contributed by atoms with Gasteiger partial charge in [0.25, 0.3) is 0 Å². The molecule has 5 nitrogen and oxygen atoms in total. The first-order valence-corrected chi connectivity index (χ1v) is 7.78. The van der Waals surface area contributed by atoms with Gasteiger partial charge in [-0.25, -0.2) is 0 Å². The van der Waals surface area contributed by atoms with Crippen molar-refractivity contribution >= 4 is 29.3 Å². The van der Waals surface area contributed by atoms with Gasteiger partial charge in [-0.1, -0.05) is 6.07 Å². The number of nitrogens with zero attached hydrogens (tertiary/aromatic N) is 1. The van der Waals surface area contributed by atoms with Gasteiger partial charge in [-0.3, -0.25) is 9.59 Å². The molecule has 0 atom stereocenters. The molecule has 110 valence electrons. The van der Waals surface area contributed by atoms with E-state index < -0.39 is 5.97 Å². The van der Waals surface area contributed by atoms with Crippen LogP contribution in [0.2, 0.25) is 0 Å². The van der Waals surface area contributed by atoms with Crippen LogP contribution in [0.5, 0.6) is 0 Å². The van der Waals surface area contributed by atoms with Crippen molar-refractivity contribution in [3.8, 4) is 6.07 Å². The molecule has 0 bridgehead atoms. The highest BCUT2D eigenvalue weighted by Gasteiger charge is 2.44. The van der Waals surface area contributed by atoms with E-state index in [9.17, 15) is 9.59 Å². The summed E-state index contributed by atoms with van der Waals surface area (Å²) in [5, 5.41) is 20.4. The van der Waals surface area contributed by atoms with Gasteiger partial charge in [0, 0.05) is 5.69 Å². The Bertz CT molecular complexity index is 591. The summed E-state index contributed by atoms with van der Waals surface area (Å²) in [5.74, 6) is 0.0791. The van der Waals surface area contributed by atoms with Gasteiger partial charge in [0.15, 0.2) is 0 Å². The van der Waals surface area contributed by atoms with Gasteiger partial charge in [-0.15, -0.1) is 0 Å². The van der Waals surface area contributed by atoms with E-state index in [0.29, 0.717) is 17.0 Å². The second-order valence-corrected chi connectivity index (χ2v) is 6.29. The molecule has 0 aromatic heterocycles. The standard InChI is InChI=1S/C15H16N2O3S/c16-8-11-2-1-3-12(6-11)17-13(18)9-21-10-15(4-5-15)7-14(19)20/h1-3,6H,4-5,7,9-10H2,(H,17,18)(H,19,20). The SMILES string of the molecule is N#Cc1cccc(NC(=O)CSCC2(CC(=O)O)CC2)c1. The van der Waals surface area contributed by atoms with Crippen molar-refractivity contribution in [2.75, 3.05) is 16.8 Å². The predicted molar refractivity (Wildman–Crippen MR) is 81.0 cm³/mol. The number of hydrogen-bond acceptors (Lipinski definition) is 4. The summed E-state index contributed by atoms with van der Waals surface area (Å²) in [5.41, 5.74) is 1.00. The quantitative estimate of drug-likeness (QED) is 0.807. The zero-order valence-electron chi connectivity index (χ0n) is 11.5. The molecule has 2 N–H and O–H groups in total. The molecule has 0 unspecified atom stereocenters. The third-order valence-electron chi connectivity index (χ3n) is 3.40. The van der Waals surface area contributed by atoms with E-state index in [0.717, 1.165) is 12.8 Å². The summed E-state index contributed by atoms with van der Waals surface area (Å²) in [6.07, 6.45) is 2.04. The minimum Gasteiger partial charge on any atom is -0.481 e. The molecule has 0 spiro atoms. The van der Waals surface area contributed by atoms with Crippen LogP contribution in [0, 0.1) is 16.7 Å². The van der Waals surface area contributed by atoms with E-state index in [1.165, 1.54) is 11.8 Å². The van der Waals surface area contributed by atoms with Crippen LogP contribution in [-0.2, 0) is 9.59 Å². The maximum absolute atomic E-state index is 11.8. The minimum absolute atomic E-state index is 0.0997. The summed E-state index contributed by atoms with van der Waals surface area (Å²) in [4.78, 5) is 22.5. The third kappa shape index (κ3) is 4.80. The second kappa shape index (κ2) is 6.64. The van der Waals surface area contributed by atoms with Crippen molar-refractivity contribution in [1.29, 1.82) is 5.26 Å². The number of benzene rings is 1. The maximum atomic E-state index is 11.8. The number of nitrogens with one attached hydrogen (secondary N) is 1. The summed E-state index contributed by atoms with van der Waals surface area (Å²) in [6.45, 7) is 0. The predicted octanol–water partition coefficient (Wildman–Crippen LogP) is 2.48. The molecule has 1 aliphatic rings. The van der Waals surface area contributed by atoms with Crippen LogP contribution in [0.15, 0.2) is 24.3 Å². The average Bonchev–Trinajstić information content (AvgIpc) is 3.17. The molecule has 21 heavy (non-hydrogen) atoms. The topological polar surface area (TPSA) is 90.2 Å². The highest BCUT2D eigenvalue weighted by molar-refractivity contribution is 8.00. The molecule has 2 rings (SSSR count). The number of nitriles is 1. The first-order chi connectivity index (χ1) is 10.0. The van der Waals surface area contributed by atoms with Gasteiger partial charge >= 0.3 is 5.97 Å². The molecule has 1 aromatic rings. The lowest BCUT2D eigenvalue weighted by molar-refractivity contribution is -0.138. The third-order valence-corrected chi connectivity index (χ3v) is 4.68. The summed E-state index contributed by atoms with van der Waals surface area (Å²) < 4.78 is 0. The molecule has 0 heterocycles. The fourth-order valence-electron chi connectivity index (χ4n) is 2.09. The zero-order chi connectivity index (χ0) is 15.3. The van der Waals surface area contributed by atoms with Gasteiger partial charge in [0.2, 0.25) is 5.91 Å². The highest BCUT2D eigenvalue weighted by atomic mass is 32.2. The van der Waals surface area contributed by atoms with E-state index in [4.69, 9.17) is 10.4 Å². The zero-order valence-corrected chi connectivity index (χ0v) is 12.3. The minimum atomic E-state index is -0.772. The number of amides is 1. The van der Waals surface area contributed by atoms with Crippen LogP contribution in [-0.4, -0.2) is 28.5 Å². The van der Waals surface area contributed by atoms with Gasteiger partial charge in [-0.05, 0) is 42.2 Å². The number of hydrogen-bond donors (Lipinski definition) is 2. The Labute approximate surface area is 127 Å². The summed E-state index contributed by atoms with van der Waals surface area (Å²) in [7, 11) is 0. The van der Waals surface area contributed by atoms with Crippen LogP contribution in [0.25, 0.3) is 0 Å². The molecule has 6 heteroatoms. The molecular formula is C15H16N2O3S. The van der Waals surface area contributed by atoms with Gasteiger partial charge < -0.3 is 10.4 Å². The second-order valence-electron chi connectivity index (χ2n) is 5.30. The molecule has 1 saturated carbocycles. The van der Waals surface area contributed by atoms with Crippen LogP contribution < -0.4 is 5.32 Å². The Balaban J connectivity index is 1.75. The number of aliphatic carboxylic acids is 1. The van der Waals surface area contributed by atoms with E-state index in [-0.39, 0.29) is 23.5 Å². The number of carboxylic acid groups (broad SMARTS) is 1. The normalized spacial score (nSPS) is 15.0. The van der Waals surface area contributed by atoms with Gasteiger partial charge in [-0.2, -0.15) is 17.0 Å². The molecule has 1 fully saturated rings. The molecule has 1 aliphatic carbocycles. The lowest BCUT2D eigenvalue weighted by atomic mass is 10.1. The number of rotatable bonds is 7.